The van der Waals surface area contributed by atoms with Crippen molar-refractivity contribution >= 4 is 17.6 Å². The fraction of sp³-hybridized carbons (Fsp3) is 0.312. The van der Waals surface area contributed by atoms with Crippen LogP contribution in [0.15, 0.2) is 29.5 Å². The molecule has 1 aliphatic rings. The average molecular weight is 369 g/mol. The molecule has 0 saturated carbocycles. The standard InChI is InChI=1S/C16H14F3N3O4/c1-26-15(25)11-8-22(4-5-23)14(24)13(11)21-12-6-10(16(17,18)19)3-2-9(12)7-20/h2-3,6,21,23H,4-5,8H2,1H3. The van der Waals surface area contributed by atoms with E-state index >= 15 is 0 Å². The van der Waals surface area contributed by atoms with Crippen LogP contribution >= 0.6 is 0 Å². The molecular formula is C16H14F3N3O4. The predicted octanol–water partition coefficient (Wildman–Crippen LogP) is 1.25. The summed E-state index contributed by atoms with van der Waals surface area (Å²) in [5.41, 5.74) is -1.81. The van der Waals surface area contributed by atoms with E-state index in [4.69, 9.17) is 10.4 Å². The number of ether oxygens (including phenoxy) is 1. The highest BCUT2D eigenvalue weighted by molar-refractivity contribution is 6.08. The molecule has 2 rings (SSSR count). The number of hydrogen-bond acceptors (Lipinski definition) is 6. The molecule has 0 radical (unpaired) electrons. The van der Waals surface area contributed by atoms with Gasteiger partial charge >= 0.3 is 12.1 Å². The predicted molar refractivity (Wildman–Crippen MR) is 82.5 cm³/mol. The Balaban J connectivity index is 2.48. The van der Waals surface area contributed by atoms with Gasteiger partial charge in [0.1, 0.15) is 11.8 Å². The third-order valence-electron chi connectivity index (χ3n) is 3.68. The quantitative estimate of drug-likeness (QED) is 0.758. The maximum atomic E-state index is 12.9. The van der Waals surface area contributed by atoms with Crippen molar-refractivity contribution in [1.82, 2.24) is 4.90 Å². The molecule has 1 aromatic carbocycles. The number of aliphatic hydroxyl groups excluding tert-OH is 1. The molecule has 2 N–H and O–H groups in total. The van der Waals surface area contributed by atoms with Gasteiger partial charge in [0.2, 0.25) is 0 Å². The van der Waals surface area contributed by atoms with Gasteiger partial charge in [-0.2, -0.15) is 18.4 Å². The van der Waals surface area contributed by atoms with E-state index in [-0.39, 0.29) is 42.2 Å². The van der Waals surface area contributed by atoms with E-state index < -0.39 is 23.6 Å². The van der Waals surface area contributed by atoms with Gasteiger partial charge < -0.3 is 20.1 Å². The number of rotatable bonds is 5. The summed E-state index contributed by atoms with van der Waals surface area (Å²) in [4.78, 5) is 25.4. The highest BCUT2D eigenvalue weighted by Gasteiger charge is 2.36. The Kier molecular flexibility index (Phi) is 5.52. The van der Waals surface area contributed by atoms with Gasteiger partial charge in [-0.25, -0.2) is 4.79 Å². The summed E-state index contributed by atoms with van der Waals surface area (Å²) in [6, 6.07) is 4.12. The Labute approximate surface area is 146 Å². The number of nitriles is 1. The lowest BCUT2D eigenvalue weighted by atomic mass is 10.1. The average Bonchev–Trinajstić information content (AvgIpc) is 2.90. The molecule has 7 nitrogen and oxygen atoms in total. The summed E-state index contributed by atoms with van der Waals surface area (Å²) >= 11 is 0. The van der Waals surface area contributed by atoms with Crippen LogP contribution < -0.4 is 5.32 Å². The molecule has 0 saturated heterocycles. The number of amides is 1. The van der Waals surface area contributed by atoms with Gasteiger partial charge in [-0.1, -0.05) is 0 Å². The number of nitrogens with zero attached hydrogens (tertiary/aromatic N) is 2. The fourth-order valence-corrected chi connectivity index (χ4v) is 2.41. The summed E-state index contributed by atoms with van der Waals surface area (Å²) in [5.74, 6) is -1.53. The lowest BCUT2D eigenvalue weighted by Crippen LogP contribution is -2.31. The largest absolute Gasteiger partial charge is 0.466 e. The number of aliphatic hydroxyl groups is 1. The highest BCUT2D eigenvalue weighted by atomic mass is 19.4. The molecule has 0 atom stereocenters. The van der Waals surface area contributed by atoms with Gasteiger partial charge in [0.05, 0.1) is 42.6 Å². The molecule has 1 aromatic rings. The minimum absolute atomic E-state index is 0.0712. The number of carbonyl (C=O) groups excluding carboxylic acids is 2. The number of hydrogen-bond donors (Lipinski definition) is 2. The van der Waals surface area contributed by atoms with Crippen molar-refractivity contribution in [1.29, 1.82) is 5.26 Å². The lowest BCUT2D eigenvalue weighted by Gasteiger charge is -2.16. The van der Waals surface area contributed by atoms with E-state index in [1.165, 1.54) is 0 Å². The molecular weight excluding hydrogens is 355 g/mol. The molecule has 0 unspecified atom stereocenters. The zero-order chi connectivity index (χ0) is 19.5. The zero-order valence-electron chi connectivity index (χ0n) is 13.6. The summed E-state index contributed by atoms with van der Waals surface area (Å²) in [6.45, 7) is -0.603. The van der Waals surface area contributed by atoms with Gasteiger partial charge in [-0.3, -0.25) is 4.79 Å². The second kappa shape index (κ2) is 7.45. The molecule has 1 aliphatic heterocycles. The number of methoxy groups -OCH3 is 1. The first-order valence-electron chi connectivity index (χ1n) is 7.33. The molecule has 138 valence electrons. The normalized spacial score (nSPS) is 14.5. The lowest BCUT2D eigenvalue weighted by molar-refractivity contribution is -0.138. The fourth-order valence-electron chi connectivity index (χ4n) is 2.41. The van der Waals surface area contributed by atoms with Crippen molar-refractivity contribution in [3.63, 3.8) is 0 Å². The summed E-state index contributed by atoms with van der Waals surface area (Å²) in [7, 11) is 1.09. The zero-order valence-corrected chi connectivity index (χ0v) is 13.6. The Morgan fingerprint density at radius 3 is 2.69 bits per heavy atom. The summed E-state index contributed by atoms with van der Waals surface area (Å²) < 4.78 is 43.3. The molecule has 0 spiro atoms. The van der Waals surface area contributed by atoms with Crippen molar-refractivity contribution in [3.8, 4) is 6.07 Å². The van der Waals surface area contributed by atoms with Crippen LogP contribution in [0.3, 0.4) is 0 Å². The monoisotopic (exact) mass is 369 g/mol. The summed E-state index contributed by atoms with van der Waals surface area (Å²) in [5, 5.41) is 20.6. The maximum absolute atomic E-state index is 12.9. The Bertz CT molecular complexity index is 812. The number of anilines is 1. The Morgan fingerprint density at radius 2 is 2.15 bits per heavy atom. The van der Waals surface area contributed by atoms with E-state index in [9.17, 15) is 22.8 Å². The van der Waals surface area contributed by atoms with Crippen molar-refractivity contribution < 1.29 is 32.6 Å². The topological polar surface area (TPSA) is 103 Å². The first kappa shape index (κ1) is 19.3. The van der Waals surface area contributed by atoms with E-state index in [0.29, 0.717) is 6.07 Å². The SMILES string of the molecule is COC(=O)C1=C(Nc2cc(C(F)(F)F)ccc2C#N)C(=O)N(CCO)C1. The van der Waals surface area contributed by atoms with Crippen molar-refractivity contribution in [2.75, 3.05) is 32.1 Å². The Hall–Kier alpha value is -3.06. The van der Waals surface area contributed by atoms with Crippen LogP contribution in [0.4, 0.5) is 18.9 Å². The van der Waals surface area contributed by atoms with Crippen LogP contribution in [0, 0.1) is 11.3 Å². The molecule has 0 bridgehead atoms. The van der Waals surface area contributed by atoms with Gasteiger partial charge in [-0.05, 0) is 18.2 Å². The number of carbonyl (C=O) groups is 2. The van der Waals surface area contributed by atoms with Crippen molar-refractivity contribution in [2.24, 2.45) is 0 Å². The van der Waals surface area contributed by atoms with Crippen LogP contribution in [0.25, 0.3) is 0 Å². The number of β-amino-alcohol motifs (C(OH)–C–C–N with tert-alkyl or cyclic N) is 1. The van der Waals surface area contributed by atoms with Crippen LogP contribution in [0.2, 0.25) is 0 Å². The van der Waals surface area contributed by atoms with Crippen LogP contribution in [-0.4, -0.2) is 48.7 Å². The number of esters is 1. The van der Waals surface area contributed by atoms with Gasteiger partial charge in [0, 0.05) is 6.54 Å². The minimum Gasteiger partial charge on any atom is -0.466 e. The molecule has 0 aromatic heterocycles. The van der Waals surface area contributed by atoms with Gasteiger partial charge in [-0.15, -0.1) is 0 Å². The smallest absolute Gasteiger partial charge is 0.416 e. The van der Waals surface area contributed by atoms with Crippen LogP contribution in [0.5, 0.6) is 0 Å². The van der Waals surface area contributed by atoms with Crippen LogP contribution in [-0.2, 0) is 20.5 Å². The number of benzene rings is 1. The Morgan fingerprint density at radius 1 is 1.46 bits per heavy atom. The van der Waals surface area contributed by atoms with E-state index in [1.807, 2.05) is 0 Å². The molecule has 1 amide bonds. The van der Waals surface area contributed by atoms with Gasteiger partial charge in [0.15, 0.2) is 0 Å². The highest BCUT2D eigenvalue weighted by Crippen LogP contribution is 2.33. The third kappa shape index (κ3) is 3.78. The van der Waals surface area contributed by atoms with E-state index in [1.54, 1.807) is 6.07 Å². The van der Waals surface area contributed by atoms with E-state index in [2.05, 4.69) is 10.1 Å². The first-order valence-corrected chi connectivity index (χ1v) is 7.33. The maximum Gasteiger partial charge on any atom is 0.416 e. The molecule has 0 aliphatic carbocycles. The van der Waals surface area contributed by atoms with Crippen molar-refractivity contribution in [2.45, 2.75) is 6.18 Å². The molecule has 10 heteroatoms. The second-order valence-corrected chi connectivity index (χ2v) is 5.29. The molecule has 0 fully saturated rings. The van der Waals surface area contributed by atoms with Crippen LogP contribution in [0.1, 0.15) is 11.1 Å². The second-order valence-electron chi connectivity index (χ2n) is 5.29. The van der Waals surface area contributed by atoms with E-state index in [0.717, 1.165) is 24.1 Å². The minimum atomic E-state index is -4.65. The first-order chi connectivity index (χ1) is 12.2. The molecule has 26 heavy (non-hydrogen) atoms. The molecule has 1 heterocycles. The number of nitrogens with one attached hydrogen (secondary N) is 1. The number of halogens is 3. The number of alkyl halides is 3. The summed E-state index contributed by atoms with van der Waals surface area (Å²) in [6.07, 6.45) is -4.65. The van der Waals surface area contributed by atoms with Crippen molar-refractivity contribution in [3.05, 3.63) is 40.6 Å². The third-order valence-corrected chi connectivity index (χ3v) is 3.68. The van der Waals surface area contributed by atoms with Gasteiger partial charge in [0.25, 0.3) is 5.91 Å².